The summed E-state index contributed by atoms with van der Waals surface area (Å²) in [5, 5.41) is 63.7. The number of fused-ring (bicyclic) bond motifs is 1. The van der Waals surface area contributed by atoms with Crippen LogP contribution in [0.4, 0.5) is 0 Å². The Balaban J connectivity index is 0.000000985. The molecule has 0 aliphatic carbocycles. The van der Waals surface area contributed by atoms with Crippen LogP contribution in [0.15, 0.2) is 36.5 Å². The lowest BCUT2D eigenvalue weighted by molar-refractivity contribution is -0.127. The van der Waals surface area contributed by atoms with Crippen molar-refractivity contribution in [3.05, 3.63) is 42.1 Å². The SMILES string of the molecule is CC.CC1C(O)[C@](C)(O)CC[C@@H](O)[C@H](C)[C@@H](O)C(C)(C)C[C@@H](C)CN1C.CC1OCCC(C)(C)[C@H]1O.COC(C)CC([C@H](C)OCCCNCc1ccnc2ccccc12)N(C)C.O=CO. The molecule has 1 aromatic heterocycles. The van der Waals surface area contributed by atoms with Crippen molar-refractivity contribution in [1.82, 2.24) is 20.1 Å². The summed E-state index contributed by atoms with van der Waals surface area (Å²) in [6.45, 7) is 29.9. The molecule has 0 bridgehead atoms. The fraction of sp³-hybridized carbons (Fsp3) is 0.808. The quantitative estimate of drug-likeness (QED) is 0.0848. The Labute approximate surface area is 400 Å². The predicted molar refractivity (Wildman–Crippen MR) is 269 cm³/mol. The Hall–Kier alpha value is -2.34. The average molecular weight is 939 g/mol. The van der Waals surface area contributed by atoms with Gasteiger partial charge in [-0.3, -0.25) is 9.78 Å². The number of aliphatic hydroxyl groups is 5. The molecule has 0 amide bonds. The normalized spacial score (nSPS) is 29.4. The molecule has 66 heavy (non-hydrogen) atoms. The third kappa shape index (κ3) is 22.0. The van der Waals surface area contributed by atoms with Crippen LogP contribution in [-0.2, 0) is 25.5 Å². The molecule has 14 nitrogen and oxygen atoms in total. The Kier molecular flexibility index (Phi) is 30.6. The summed E-state index contributed by atoms with van der Waals surface area (Å²) in [5.74, 6) is 0.0420. The van der Waals surface area contributed by atoms with E-state index in [1.807, 2.05) is 67.8 Å². The maximum Gasteiger partial charge on any atom is 0.290 e. The molecule has 2 aromatic rings. The Morgan fingerprint density at radius 1 is 0.955 bits per heavy atom. The second-order valence-corrected chi connectivity index (χ2v) is 20.5. The molecule has 14 heteroatoms. The number of carbonyl (C=O) groups is 1. The van der Waals surface area contributed by atoms with E-state index in [-0.39, 0.29) is 53.7 Å². The molecular formula is C52H98N4O10. The number of ether oxygens (including phenoxy) is 3. The van der Waals surface area contributed by atoms with Gasteiger partial charge in [0.1, 0.15) is 0 Å². The van der Waals surface area contributed by atoms with Gasteiger partial charge in [-0.15, -0.1) is 0 Å². The second kappa shape index (κ2) is 31.7. The van der Waals surface area contributed by atoms with Crippen molar-refractivity contribution in [2.45, 2.75) is 195 Å². The number of methoxy groups -OCH3 is 1. The van der Waals surface area contributed by atoms with Crippen LogP contribution in [0.3, 0.4) is 0 Å². The van der Waals surface area contributed by atoms with E-state index in [0.29, 0.717) is 24.8 Å². The highest BCUT2D eigenvalue weighted by Gasteiger charge is 2.41. The van der Waals surface area contributed by atoms with Crippen molar-refractivity contribution in [2.24, 2.45) is 22.7 Å². The number of benzene rings is 1. The number of carboxylic acid groups (broad SMARTS) is 1. The van der Waals surface area contributed by atoms with Crippen LogP contribution >= 0.6 is 0 Å². The van der Waals surface area contributed by atoms with Crippen molar-refractivity contribution in [2.75, 3.05) is 54.6 Å². The molecule has 2 saturated heterocycles. The number of pyridine rings is 1. The maximum atomic E-state index is 10.8. The minimum atomic E-state index is -1.27. The fourth-order valence-corrected chi connectivity index (χ4v) is 9.03. The van der Waals surface area contributed by atoms with Crippen molar-refractivity contribution >= 4 is 17.4 Å². The topological polar surface area (TPSA) is 198 Å². The number of aromatic nitrogens is 1. The van der Waals surface area contributed by atoms with Crippen LogP contribution in [0, 0.1) is 22.7 Å². The highest BCUT2D eigenvalue weighted by molar-refractivity contribution is 5.81. The zero-order valence-corrected chi connectivity index (χ0v) is 44.3. The van der Waals surface area contributed by atoms with Gasteiger partial charge >= 0.3 is 0 Å². The number of nitrogens with zero attached hydrogens (tertiary/aromatic N) is 3. The maximum absolute atomic E-state index is 10.8. The van der Waals surface area contributed by atoms with Crippen molar-refractivity contribution in [3.8, 4) is 0 Å². The van der Waals surface area contributed by atoms with Crippen LogP contribution in [0.5, 0.6) is 0 Å². The molecular weight excluding hydrogens is 841 g/mol. The van der Waals surface area contributed by atoms with E-state index in [1.165, 1.54) is 10.9 Å². The first-order valence-corrected chi connectivity index (χ1v) is 24.5. The molecule has 5 unspecified atom stereocenters. The molecule has 0 spiro atoms. The molecule has 3 heterocycles. The number of aliphatic hydroxyl groups excluding tert-OH is 4. The molecule has 12 atom stereocenters. The van der Waals surface area contributed by atoms with E-state index in [0.717, 1.165) is 64.0 Å². The lowest BCUT2D eigenvalue weighted by Gasteiger charge is -2.39. The summed E-state index contributed by atoms with van der Waals surface area (Å²) in [7, 11) is 7.93. The third-order valence-corrected chi connectivity index (χ3v) is 13.6. The van der Waals surface area contributed by atoms with Gasteiger partial charge in [0.05, 0.1) is 53.8 Å². The summed E-state index contributed by atoms with van der Waals surface area (Å²) in [6, 6.07) is 10.5. The molecule has 4 rings (SSSR count). The monoisotopic (exact) mass is 939 g/mol. The van der Waals surface area contributed by atoms with Gasteiger partial charge in [-0.1, -0.05) is 73.6 Å². The molecule has 7 N–H and O–H groups in total. The average Bonchev–Trinajstić information content (AvgIpc) is 3.27. The Morgan fingerprint density at radius 2 is 1.56 bits per heavy atom. The van der Waals surface area contributed by atoms with Gasteiger partial charge in [0.15, 0.2) is 0 Å². The first kappa shape index (κ1) is 63.7. The second-order valence-electron chi connectivity index (χ2n) is 20.5. The van der Waals surface area contributed by atoms with Crippen LogP contribution in [-0.4, -0.2) is 167 Å². The fourth-order valence-electron chi connectivity index (χ4n) is 9.03. The highest BCUT2D eigenvalue weighted by Crippen LogP contribution is 2.37. The lowest BCUT2D eigenvalue weighted by Crippen LogP contribution is -2.52. The zero-order valence-electron chi connectivity index (χ0n) is 44.3. The van der Waals surface area contributed by atoms with Gasteiger partial charge in [-0.2, -0.15) is 0 Å². The van der Waals surface area contributed by atoms with Crippen molar-refractivity contribution < 1.29 is 49.6 Å². The minimum absolute atomic E-state index is 0.00347. The van der Waals surface area contributed by atoms with Crippen molar-refractivity contribution in [3.63, 3.8) is 0 Å². The largest absolute Gasteiger partial charge is 0.483 e. The predicted octanol–water partition coefficient (Wildman–Crippen LogP) is 7.01. The number of likely N-dealkylation sites (N-methyl/N-ethyl adjacent to an activating group) is 2. The Bertz CT molecular complexity index is 1560. The van der Waals surface area contributed by atoms with E-state index in [1.54, 1.807) is 14.0 Å². The van der Waals surface area contributed by atoms with E-state index >= 15 is 0 Å². The molecule has 386 valence electrons. The van der Waals surface area contributed by atoms with Gasteiger partial charge in [-0.25, -0.2) is 0 Å². The third-order valence-electron chi connectivity index (χ3n) is 13.6. The van der Waals surface area contributed by atoms with E-state index in [4.69, 9.17) is 24.1 Å². The number of hydrogen-bond acceptors (Lipinski definition) is 13. The molecule has 1 aromatic carbocycles. The van der Waals surface area contributed by atoms with Crippen molar-refractivity contribution in [1.29, 1.82) is 0 Å². The molecule has 2 aliphatic rings. The molecule has 2 aliphatic heterocycles. The number of para-hydroxylation sites is 1. The van der Waals surface area contributed by atoms with Gasteiger partial charge in [0, 0.05) is 63.0 Å². The molecule has 0 saturated carbocycles. The molecule has 2 fully saturated rings. The van der Waals surface area contributed by atoms with Gasteiger partial charge in [-0.05, 0) is 135 Å². The zero-order chi connectivity index (χ0) is 51.0. The summed E-state index contributed by atoms with van der Waals surface area (Å²) in [5.41, 5.74) is 0.799. The van der Waals surface area contributed by atoms with Gasteiger partial charge in [0.2, 0.25) is 0 Å². The molecule has 0 radical (unpaired) electrons. The Morgan fingerprint density at radius 3 is 2.12 bits per heavy atom. The number of hydrogen-bond donors (Lipinski definition) is 7. The summed E-state index contributed by atoms with van der Waals surface area (Å²) in [6.07, 6.45) is 4.18. The van der Waals surface area contributed by atoms with E-state index < -0.39 is 23.9 Å². The van der Waals surface area contributed by atoms with Gasteiger partial charge < -0.3 is 60.0 Å². The highest BCUT2D eigenvalue weighted by atomic mass is 16.5. The van der Waals surface area contributed by atoms with E-state index in [9.17, 15) is 25.5 Å². The van der Waals surface area contributed by atoms with Crippen LogP contribution in [0.1, 0.15) is 134 Å². The summed E-state index contributed by atoms with van der Waals surface area (Å²) < 4.78 is 16.8. The van der Waals surface area contributed by atoms with Crippen LogP contribution in [0.2, 0.25) is 0 Å². The van der Waals surface area contributed by atoms with E-state index in [2.05, 4.69) is 93.1 Å². The first-order chi connectivity index (χ1) is 30.8. The number of rotatable bonds is 12. The van der Waals surface area contributed by atoms with Crippen LogP contribution in [0.25, 0.3) is 10.9 Å². The minimum Gasteiger partial charge on any atom is -0.483 e. The number of nitrogens with one attached hydrogen (secondary N) is 1. The lowest BCUT2D eigenvalue weighted by atomic mass is 9.72. The smallest absolute Gasteiger partial charge is 0.290 e. The van der Waals surface area contributed by atoms with Crippen LogP contribution < -0.4 is 5.32 Å². The first-order valence-electron chi connectivity index (χ1n) is 24.5. The standard InChI is InChI=1S/C22H35N3O2.C19H39NO4.C8H16O2.C2H6.CH2O2/c1-17(26-5)15-22(25(3)4)18(2)27-14-8-12-23-16-19-11-13-24-21-10-7-6-9-20(19)21;1-12-10-18(4,5)16(22)13(2)15(21)8-9-19(6,24)17(23)14(3)20(7)11-12;1-6-7(9)8(2,3)4-5-10-6;1-2;2-1-3/h6-7,9-11,13,17-18,22-23H,8,12,14-16H2,1-5H3;12-17,21-24H,8-11H2,1-7H3;6-7,9H,4-5H2,1-3H3;1-2H3;1H,(H,2,3)/t17?,18-,22?;12-,13+,14?,15-,16-,17?,19-;6?,7-;;/m010../s1. The summed E-state index contributed by atoms with van der Waals surface area (Å²) >= 11 is 0. The summed E-state index contributed by atoms with van der Waals surface area (Å²) in [4.78, 5) is 17.1. The van der Waals surface area contributed by atoms with Gasteiger partial charge in [0.25, 0.3) is 6.47 Å².